The Kier molecular flexibility index (Phi) is 6.41. The lowest BCUT2D eigenvalue weighted by Gasteiger charge is -2.09. The van der Waals surface area contributed by atoms with E-state index in [0.717, 1.165) is 11.5 Å². The van der Waals surface area contributed by atoms with E-state index in [1.807, 2.05) is 24.3 Å². The molecule has 1 heterocycles. The second kappa shape index (κ2) is 9.36. The Balaban J connectivity index is 1.43. The van der Waals surface area contributed by atoms with Gasteiger partial charge in [-0.3, -0.25) is 4.79 Å². The number of hydrogen-bond acceptors (Lipinski definition) is 5. The number of ether oxygens (including phenoxy) is 2. The van der Waals surface area contributed by atoms with Gasteiger partial charge < -0.3 is 20.1 Å². The Morgan fingerprint density at radius 1 is 1.00 bits per heavy atom. The third kappa shape index (κ3) is 5.44. The summed E-state index contributed by atoms with van der Waals surface area (Å²) in [7, 11) is 1.62. The van der Waals surface area contributed by atoms with Gasteiger partial charge in [0.05, 0.1) is 25.5 Å². The maximum Gasteiger partial charge on any atom is 0.255 e. The molecule has 7 heteroatoms. The zero-order chi connectivity index (χ0) is 19.8. The first-order valence-electron chi connectivity index (χ1n) is 8.68. The Morgan fingerprint density at radius 2 is 1.71 bits per heavy atom. The number of benzene rings is 2. The predicted molar refractivity (Wildman–Crippen MR) is 106 cm³/mol. The van der Waals surface area contributed by atoms with Crippen molar-refractivity contribution in [3.05, 3.63) is 78.2 Å². The summed E-state index contributed by atoms with van der Waals surface area (Å²) in [4.78, 5) is 16.3. The topological polar surface area (TPSA) is 72.5 Å². The Labute approximate surface area is 162 Å². The minimum atomic E-state index is -0.385. The van der Waals surface area contributed by atoms with Crippen LogP contribution in [0.5, 0.6) is 11.5 Å². The molecule has 0 spiro atoms. The van der Waals surface area contributed by atoms with Crippen molar-refractivity contribution in [3.63, 3.8) is 0 Å². The van der Waals surface area contributed by atoms with Crippen LogP contribution in [-0.2, 0) is 0 Å². The first-order valence-corrected chi connectivity index (χ1v) is 8.68. The fourth-order valence-corrected chi connectivity index (χ4v) is 2.40. The fraction of sp³-hybridized carbons (Fsp3) is 0.143. The molecule has 0 atom stereocenters. The molecule has 0 unspecified atom stereocenters. The van der Waals surface area contributed by atoms with Gasteiger partial charge >= 0.3 is 0 Å². The van der Waals surface area contributed by atoms with Gasteiger partial charge in [-0.2, -0.15) is 0 Å². The SMILES string of the molecule is COc1ccc(OCCNc2ccc(NC(=O)c3ccc(F)cc3)cn2)cc1. The molecule has 144 valence electrons. The molecule has 2 aromatic carbocycles. The third-order valence-electron chi connectivity index (χ3n) is 3.86. The second-order valence-electron chi connectivity index (χ2n) is 5.84. The molecule has 0 aliphatic rings. The molecule has 0 radical (unpaired) electrons. The average molecular weight is 381 g/mol. The van der Waals surface area contributed by atoms with E-state index in [1.54, 1.807) is 25.4 Å². The molecular weight excluding hydrogens is 361 g/mol. The summed E-state index contributed by atoms with van der Waals surface area (Å²) in [5, 5.41) is 5.86. The Hall–Kier alpha value is -3.61. The largest absolute Gasteiger partial charge is 0.497 e. The van der Waals surface area contributed by atoms with E-state index in [-0.39, 0.29) is 11.7 Å². The summed E-state index contributed by atoms with van der Waals surface area (Å²) in [5.74, 6) is 1.49. The zero-order valence-corrected chi connectivity index (χ0v) is 15.3. The van der Waals surface area contributed by atoms with Gasteiger partial charge in [0.15, 0.2) is 0 Å². The number of anilines is 2. The lowest BCUT2D eigenvalue weighted by molar-refractivity contribution is 0.102. The van der Waals surface area contributed by atoms with Crippen molar-refractivity contribution in [2.75, 3.05) is 30.9 Å². The molecule has 1 amide bonds. The summed E-state index contributed by atoms with van der Waals surface area (Å²) < 4.78 is 23.6. The van der Waals surface area contributed by atoms with Crippen molar-refractivity contribution < 1.29 is 18.7 Å². The van der Waals surface area contributed by atoms with E-state index < -0.39 is 0 Å². The number of rotatable bonds is 8. The molecule has 0 fully saturated rings. The van der Waals surface area contributed by atoms with Crippen molar-refractivity contribution in [2.45, 2.75) is 0 Å². The standard InChI is InChI=1S/C21H20FN3O3/c1-27-18-7-9-19(10-8-18)28-13-12-23-20-11-6-17(14-24-20)25-21(26)15-2-4-16(22)5-3-15/h2-11,14H,12-13H2,1H3,(H,23,24)(H,25,26). The number of hydrogen-bond donors (Lipinski definition) is 2. The average Bonchev–Trinajstić information content (AvgIpc) is 2.73. The van der Waals surface area contributed by atoms with Crippen LogP contribution in [0.4, 0.5) is 15.9 Å². The maximum atomic E-state index is 12.9. The summed E-state index contributed by atoms with van der Waals surface area (Å²) in [6.07, 6.45) is 1.55. The first-order chi connectivity index (χ1) is 13.6. The van der Waals surface area contributed by atoms with Crippen LogP contribution < -0.4 is 20.1 Å². The van der Waals surface area contributed by atoms with E-state index in [9.17, 15) is 9.18 Å². The number of carbonyl (C=O) groups excluding carboxylic acids is 1. The van der Waals surface area contributed by atoms with Crippen LogP contribution in [0.15, 0.2) is 66.9 Å². The van der Waals surface area contributed by atoms with E-state index >= 15 is 0 Å². The molecule has 0 saturated carbocycles. The van der Waals surface area contributed by atoms with E-state index in [0.29, 0.717) is 30.2 Å². The van der Waals surface area contributed by atoms with Crippen molar-refractivity contribution >= 4 is 17.4 Å². The Morgan fingerprint density at radius 3 is 2.36 bits per heavy atom. The van der Waals surface area contributed by atoms with E-state index in [1.165, 1.54) is 24.3 Å². The smallest absolute Gasteiger partial charge is 0.255 e. The predicted octanol–water partition coefficient (Wildman–Crippen LogP) is 3.97. The van der Waals surface area contributed by atoms with Crippen LogP contribution in [0.1, 0.15) is 10.4 Å². The second-order valence-corrected chi connectivity index (χ2v) is 5.84. The van der Waals surface area contributed by atoms with Crippen LogP contribution >= 0.6 is 0 Å². The van der Waals surface area contributed by atoms with Gasteiger partial charge in [-0.1, -0.05) is 0 Å². The normalized spacial score (nSPS) is 10.2. The van der Waals surface area contributed by atoms with Crippen molar-refractivity contribution in [1.82, 2.24) is 4.98 Å². The number of aromatic nitrogens is 1. The highest BCUT2D eigenvalue weighted by molar-refractivity contribution is 6.04. The number of nitrogens with zero attached hydrogens (tertiary/aromatic N) is 1. The summed E-state index contributed by atoms with van der Waals surface area (Å²) in [6, 6.07) is 16.2. The highest BCUT2D eigenvalue weighted by Gasteiger charge is 2.06. The highest BCUT2D eigenvalue weighted by atomic mass is 19.1. The van der Waals surface area contributed by atoms with Crippen molar-refractivity contribution in [1.29, 1.82) is 0 Å². The molecule has 0 bridgehead atoms. The summed E-state index contributed by atoms with van der Waals surface area (Å²) >= 11 is 0. The first kappa shape index (κ1) is 19.2. The van der Waals surface area contributed by atoms with Gasteiger partial charge in [0, 0.05) is 5.56 Å². The number of carbonyl (C=O) groups is 1. The van der Waals surface area contributed by atoms with Gasteiger partial charge in [0.2, 0.25) is 0 Å². The number of halogens is 1. The van der Waals surface area contributed by atoms with Crippen molar-refractivity contribution in [2.24, 2.45) is 0 Å². The zero-order valence-electron chi connectivity index (χ0n) is 15.3. The molecule has 0 aliphatic carbocycles. The molecule has 6 nitrogen and oxygen atoms in total. The summed E-state index contributed by atoms with van der Waals surface area (Å²) in [6.45, 7) is 1.04. The molecule has 3 aromatic rings. The minimum absolute atomic E-state index is 0.324. The molecule has 1 aromatic heterocycles. The lowest BCUT2D eigenvalue weighted by Crippen LogP contribution is -2.13. The number of amides is 1. The van der Waals surface area contributed by atoms with Crippen LogP contribution in [0, 0.1) is 5.82 Å². The number of pyridine rings is 1. The van der Waals surface area contributed by atoms with Gasteiger partial charge in [-0.05, 0) is 60.7 Å². The summed E-state index contributed by atoms with van der Waals surface area (Å²) in [5.41, 5.74) is 0.925. The maximum absolute atomic E-state index is 12.9. The molecular formula is C21H20FN3O3. The fourth-order valence-electron chi connectivity index (χ4n) is 2.40. The lowest BCUT2D eigenvalue weighted by atomic mass is 10.2. The van der Waals surface area contributed by atoms with E-state index in [2.05, 4.69) is 15.6 Å². The minimum Gasteiger partial charge on any atom is -0.497 e. The highest BCUT2D eigenvalue weighted by Crippen LogP contribution is 2.17. The molecule has 2 N–H and O–H groups in total. The van der Waals surface area contributed by atoms with Crippen LogP contribution in [0.25, 0.3) is 0 Å². The van der Waals surface area contributed by atoms with Crippen LogP contribution in [0.2, 0.25) is 0 Å². The van der Waals surface area contributed by atoms with Gasteiger partial charge in [0.25, 0.3) is 5.91 Å². The van der Waals surface area contributed by atoms with Gasteiger partial charge in [-0.15, -0.1) is 0 Å². The van der Waals surface area contributed by atoms with E-state index in [4.69, 9.17) is 9.47 Å². The monoisotopic (exact) mass is 381 g/mol. The molecule has 0 aliphatic heterocycles. The van der Waals surface area contributed by atoms with Crippen LogP contribution in [-0.4, -0.2) is 31.2 Å². The van der Waals surface area contributed by atoms with Gasteiger partial charge in [-0.25, -0.2) is 9.37 Å². The number of nitrogens with one attached hydrogen (secondary N) is 2. The molecule has 3 rings (SSSR count). The van der Waals surface area contributed by atoms with Crippen LogP contribution in [0.3, 0.4) is 0 Å². The Bertz CT molecular complexity index is 898. The molecule has 28 heavy (non-hydrogen) atoms. The van der Waals surface area contributed by atoms with Crippen molar-refractivity contribution in [3.8, 4) is 11.5 Å². The van der Waals surface area contributed by atoms with Gasteiger partial charge in [0.1, 0.15) is 29.7 Å². The molecule has 0 saturated heterocycles. The number of methoxy groups -OCH3 is 1. The third-order valence-corrected chi connectivity index (χ3v) is 3.86. The quantitative estimate of drug-likeness (QED) is 0.578.